The molecule has 1 aromatic carbocycles. The van der Waals surface area contributed by atoms with E-state index in [4.69, 9.17) is 5.11 Å². The van der Waals surface area contributed by atoms with Crippen molar-refractivity contribution in [2.75, 3.05) is 0 Å². The van der Waals surface area contributed by atoms with Gasteiger partial charge in [-0.15, -0.1) is 0 Å². The van der Waals surface area contributed by atoms with Gasteiger partial charge in [0.05, 0.1) is 17.0 Å². The fraction of sp³-hybridized carbons (Fsp3) is 0.385. The SMILES string of the molecule is Cc1cccc2[nH]c(C(C)C(C)C(=O)O)nc12. The molecule has 4 heteroatoms. The van der Waals surface area contributed by atoms with Gasteiger partial charge in [-0.05, 0) is 18.6 Å². The van der Waals surface area contributed by atoms with E-state index < -0.39 is 11.9 Å². The lowest BCUT2D eigenvalue weighted by Crippen LogP contribution is -2.17. The molecular formula is C13H16N2O2. The molecule has 2 aromatic rings. The van der Waals surface area contributed by atoms with Gasteiger partial charge in [0, 0.05) is 5.92 Å². The van der Waals surface area contributed by atoms with Crippen molar-refractivity contribution in [3.63, 3.8) is 0 Å². The van der Waals surface area contributed by atoms with Gasteiger partial charge < -0.3 is 10.1 Å². The number of imidazole rings is 1. The first kappa shape index (κ1) is 11.6. The molecule has 2 atom stereocenters. The third-order valence-electron chi connectivity index (χ3n) is 3.30. The van der Waals surface area contributed by atoms with Crippen LogP contribution in [0.2, 0.25) is 0 Å². The molecule has 0 bridgehead atoms. The standard InChI is InChI=1S/C13H16N2O2/c1-7-5-4-6-10-11(7)15-12(14-10)8(2)9(3)13(16)17/h4-6,8-9H,1-3H3,(H,14,15)(H,16,17). The molecule has 4 nitrogen and oxygen atoms in total. The minimum atomic E-state index is -0.797. The van der Waals surface area contributed by atoms with Crippen LogP contribution in [0.3, 0.4) is 0 Å². The number of hydrogen-bond donors (Lipinski definition) is 2. The predicted molar refractivity (Wildman–Crippen MR) is 66.0 cm³/mol. The number of aromatic amines is 1. The topological polar surface area (TPSA) is 66.0 Å². The molecular weight excluding hydrogens is 216 g/mol. The number of fused-ring (bicyclic) bond motifs is 1. The van der Waals surface area contributed by atoms with Gasteiger partial charge in [0.1, 0.15) is 5.82 Å². The maximum Gasteiger partial charge on any atom is 0.306 e. The summed E-state index contributed by atoms with van der Waals surface area (Å²) in [6.07, 6.45) is 0. The van der Waals surface area contributed by atoms with Crippen molar-refractivity contribution in [2.24, 2.45) is 5.92 Å². The molecule has 0 spiro atoms. The number of hydrogen-bond acceptors (Lipinski definition) is 2. The Kier molecular flexibility index (Phi) is 2.88. The summed E-state index contributed by atoms with van der Waals surface area (Å²) in [6.45, 7) is 5.58. The number of aryl methyl sites for hydroxylation is 1. The number of benzene rings is 1. The fourth-order valence-electron chi connectivity index (χ4n) is 1.86. The van der Waals surface area contributed by atoms with Gasteiger partial charge in [-0.1, -0.05) is 26.0 Å². The van der Waals surface area contributed by atoms with E-state index in [2.05, 4.69) is 9.97 Å². The van der Waals surface area contributed by atoms with Gasteiger partial charge in [-0.25, -0.2) is 4.98 Å². The summed E-state index contributed by atoms with van der Waals surface area (Å²) in [4.78, 5) is 18.6. The molecule has 0 saturated heterocycles. The van der Waals surface area contributed by atoms with Crippen LogP contribution < -0.4 is 0 Å². The van der Waals surface area contributed by atoms with Crippen molar-refractivity contribution >= 4 is 17.0 Å². The normalized spacial score (nSPS) is 14.8. The zero-order valence-corrected chi connectivity index (χ0v) is 10.2. The molecule has 0 saturated carbocycles. The molecule has 0 radical (unpaired) electrons. The second-order valence-corrected chi connectivity index (χ2v) is 4.51. The van der Waals surface area contributed by atoms with Gasteiger partial charge in [-0.2, -0.15) is 0 Å². The number of para-hydroxylation sites is 1. The molecule has 0 aliphatic carbocycles. The highest BCUT2D eigenvalue weighted by atomic mass is 16.4. The van der Waals surface area contributed by atoms with Crippen molar-refractivity contribution in [1.82, 2.24) is 9.97 Å². The number of nitrogens with zero attached hydrogens (tertiary/aromatic N) is 1. The predicted octanol–water partition coefficient (Wildman–Crippen LogP) is 2.70. The largest absolute Gasteiger partial charge is 0.481 e. The van der Waals surface area contributed by atoms with Crippen LogP contribution in [0.1, 0.15) is 31.2 Å². The van der Waals surface area contributed by atoms with E-state index in [0.29, 0.717) is 0 Å². The Balaban J connectivity index is 2.43. The number of carboxylic acids is 1. The highest BCUT2D eigenvalue weighted by Gasteiger charge is 2.23. The van der Waals surface area contributed by atoms with E-state index in [0.717, 1.165) is 22.4 Å². The van der Waals surface area contributed by atoms with Gasteiger partial charge in [0.25, 0.3) is 0 Å². The number of aromatic nitrogens is 2. The van der Waals surface area contributed by atoms with Crippen LogP contribution in [0.15, 0.2) is 18.2 Å². The minimum Gasteiger partial charge on any atom is -0.481 e. The van der Waals surface area contributed by atoms with E-state index in [1.165, 1.54) is 0 Å². The summed E-state index contributed by atoms with van der Waals surface area (Å²) < 4.78 is 0. The van der Waals surface area contributed by atoms with Crippen molar-refractivity contribution in [1.29, 1.82) is 0 Å². The summed E-state index contributed by atoms with van der Waals surface area (Å²) in [6, 6.07) is 5.92. The third-order valence-corrected chi connectivity index (χ3v) is 3.30. The molecule has 90 valence electrons. The second-order valence-electron chi connectivity index (χ2n) is 4.51. The zero-order chi connectivity index (χ0) is 12.6. The van der Waals surface area contributed by atoms with Crippen LogP contribution in [0.25, 0.3) is 11.0 Å². The smallest absolute Gasteiger partial charge is 0.306 e. The van der Waals surface area contributed by atoms with E-state index >= 15 is 0 Å². The maximum absolute atomic E-state index is 11.0. The van der Waals surface area contributed by atoms with Crippen LogP contribution >= 0.6 is 0 Å². The summed E-state index contributed by atoms with van der Waals surface area (Å²) >= 11 is 0. The fourth-order valence-corrected chi connectivity index (χ4v) is 1.86. The number of carbonyl (C=O) groups is 1. The first-order chi connectivity index (χ1) is 8.00. The monoisotopic (exact) mass is 232 g/mol. The number of nitrogens with one attached hydrogen (secondary N) is 1. The van der Waals surface area contributed by atoms with Crippen LogP contribution in [0.5, 0.6) is 0 Å². The molecule has 2 N–H and O–H groups in total. The van der Waals surface area contributed by atoms with Gasteiger partial charge >= 0.3 is 5.97 Å². The minimum absolute atomic E-state index is 0.126. The Hall–Kier alpha value is -1.84. The zero-order valence-electron chi connectivity index (χ0n) is 10.2. The summed E-state index contributed by atoms with van der Waals surface area (Å²) in [5.41, 5.74) is 2.98. The average Bonchev–Trinajstić information content (AvgIpc) is 2.72. The number of H-pyrrole nitrogens is 1. The molecule has 2 unspecified atom stereocenters. The third kappa shape index (κ3) is 2.02. The lowest BCUT2D eigenvalue weighted by molar-refractivity contribution is -0.141. The van der Waals surface area contributed by atoms with Crippen LogP contribution in [-0.4, -0.2) is 21.0 Å². The van der Waals surface area contributed by atoms with Crippen LogP contribution in [0.4, 0.5) is 0 Å². The number of carboxylic acid groups (broad SMARTS) is 1. The molecule has 2 rings (SSSR count). The number of rotatable bonds is 3. The molecule has 17 heavy (non-hydrogen) atoms. The van der Waals surface area contributed by atoms with E-state index in [1.54, 1.807) is 6.92 Å². The molecule has 0 fully saturated rings. The van der Waals surface area contributed by atoms with Crippen LogP contribution in [0, 0.1) is 12.8 Å². The van der Waals surface area contributed by atoms with Gasteiger partial charge in [-0.3, -0.25) is 4.79 Å². The number of aliphatic carboxylic acids is 1. The Bertz CT molecular complexity index is 560. The maximum atomic E-state index is 11.0. The molecule has 0 amide bonds. The lowest BCUT2D eigenvalue weighted by atomic mass is 9.96. The molecule has 1 heterocycles. The Morgan fingerprint density at radius 1 is 1.41 bits per heavy atom. The summed E-state index contributed by atoms with van der Waals surface area (Å²) in [5, 5.41) is 9.00. The molecule has 0 aliphatic rings. The van der Waals surface area contributed by atoms with Crippen molar-refractivity contribution < 1.29 is 9.90 Å². The molecule has 0 aliphatic heterocycles. The van der Waals surface area contributed by atoms with Crippen molar-refractivity contribution in [3.05, 3.63) is 29.6 Å². The van der Waals surface area contributed by atoms with Gasteiger partial charge in [0.2, 0.25) is 0 Å². The van der Waals surface area contributed by atoms with Gasteiger partial charge in [0.15, 0.2) is 0 Å². The Morgan fingerprint density at radius 3 is 2.71 bits per heavy atom. The highest BCUT2D eigenvalue weighted by Crippen LogP contribution is 2.25. The van der Waals surface area contributed by atoms with Crippen molar-refractivity contribution in [3.8, 4) is 0 Å². The van der Waals surface area contributed by atoms with E-state index in [1.807, 2.05) is 32.0 Å². The quantitative estimate of drug-likeness (QED) is 0.855. The van der Waals surface area contributed by atoms with Crippen LogP contribution in [-0.2, 0) is 4.79 Å². The molecule has 1 aromatic heterocycles. The lowest BCUT2D eigenvalue weighted by Gasteiger charge is -2.12. The van der Waals surface area contributed by atoms with E-state index in [-0.39, 0.29) is 5.92 Å². The Labute approximate surface area is 99.7 Å². The Morgan fingerprint density at radius 2 is 2.12 bits per heavy atom. The summed E-state index contributed by atoms with van der Waals surface area (Å²) in [7, 11) is 0. The highest BCUT2D eigenvalue weighted by molar-refractivity contribution is 5.79. The first-order valence-corrected chi connectivity index (χ1v) is 5.68. The average molecular weight is 232 g/mol. The summed E-state index contributed by atoms with van der Waals surface area (Å²) in [5.74, 6) is -0.631. The second kappa shape index (κ2) is 4.20. The van der Waals surface area contributed by atoms with Crippen molar-refractivity contribution in [2.45, 2.75) is 26.7 Å². The first-order valence-electron chi connectivity index (χ1n) is 5.68. The van der Waals surface area contributed by atoms with E-state index in [9.17, 15) is 4.79 Å².